The summed E-state index contributed by atoms with van der Waals surface area (Å²) in [4.78, 5) is 23.3. The molecule has 1 saturated heterocycles. The zero-order valence-electron chi connectivity index (χ0n) is 9.84. The number of carbonyl (C=O) groups is 2. The van der Waals surface area contributed by atoms with Crippen LogP contribution in [0.4, 0.5) is 8.78 Å². The van der Waals surface area contributed by atoms with Crippen LogP contribution in [0.25, 0.3) is 0 Å². The number of hydrogen-bond donors (Lipinski definition) is 1. The number of hydrazine groups is 1. The first-order valence-corrected chi connectivity index (χ1v) is 6.72. The highest BCUT2D eigenvalue weighted by atomic mass is 32.2. The summed E-state index contributed by atoms with van der Waals surface area (Å²) >= 11 is 6.05. The van der Waals surface area contributed by atoms with E-state index in [1.54, 1.807) is 0 Å². The molecule has 0 aromatic heterocycles. The summed E-state index contributed by atoms with van der Waals surface area (Å²) in [5, 5.41) is 0.992. The second kappa shape index (κ2) is 6.14. The maximum atomic E-state index is 12.0. The predicted octanol–water partition coefficient (Wildman–Crippen LogP) is 1.79. The van der Waals surface area contributed by atoms with Gasteiger partial charge in [0, 0.05) is 5.56 Å². The fourth-order valence-corrected chi connectivity index (χ4v) is 2.39. The number of benzene rings is 1. The Morgan fingerprint density at radius 2 is 2.05 bits per heavy atom. The van der Waals surface area contributed by atoms with Gasteiger partial charge >= 0.3 is 6.61 Å². The zero-order chi connectivity index (χ0) is 14.7. The molecular weight excluding hydrogens is 310 g/mol. The Balaban J connectivity index is 2.02. The SMILES string of the molecule is O=C(NN1C(=O)CSC1=S)c1ccc(OC(F)F)cc1. The van der Waals surface area contributed by atoms with E-state index >= 15 is 0 Å². The van der Waals surface area contributed by atoms with E-state index in [0.29, 0.717) is 0 Å². The van der Waals surface area contributed by atoms with Gasteiger partial charge in [0.05, 0.1) is 5.75 Å². The first-order valence-electron chi connectivity index (χ1n) is 5.33. The van der Waals surface area contributed by atoms with Crippen LogP contribution in [-0.2, 0) is 4.79 Å². The summed E-state index contributed by atoms with van der Waals surface area (Å²) in [6, 6.07) is 5.09. The molecule has 1 aliphatic rings. The normalized spacial score (nSPS) is 14.8. The molecule has 9 heteroatoms. The number of hydrogen-bond acceptors (Lipinski definition) is 5. The van der Waals surface area contributed by atoms with Crippen LogP contribution in [0.5, 0.6) is 5.75 Å². The van der Waals surface area contributed by atoms with Crippen LogP contribution >= 0.6 is 24.0 Å². The first-order chi connectivity index (χ1) is 9.47. The molecule has 1 heterocycles. The van der Waals surface area contributed by atoms with E-state index in [4.69, 9.17) is 12.2 Å². The molecule has 1 aliphatic heterocycles. The van der Waals surface area contributed by atoms with Crippen molar-refractivity contribution in [3.8, 4) is 5.75 Å². The van der Waals surface area contributed by atoms with Gasteiger partial charge in [0.15, 0.2) is 4.32 Å². The van der Waals surface area contributed by atoms with Crippen LogP contribution in [0.15, 0.2) is 24.3 Å². The van der Waals surface area contributed by atoms with E-state index in [-0.39, 0.29) is 27.3 Å². The third-order valence-corrected chi connectivity index (χ3v) is 3.66. The number of halogens is 2. The highest BCUT2D eigenvalue weighted by molar-refractivity contribution is 8.23. The lowest BCUT2D eigenvalue weighted by atomic mass is 10.2. The van der Waals surface area contributed by atoms with Gasteiger partial charge in [-0.2, -0.15) is 8.78 Å². The molecule has 0 saturated carbocycles. The van der Waals surface area contributed by atoms with Gasteiger partial charge in [-0.1, -0.05) is 24.0 Å². The summed E-state index contributed by atoms with van der Waals surface area (Å²) in [6.45, 7) is -2.92. The number of amides is 2. The van der Waals surface area contributed by atoms with Crippen molar-refractivity contribution in [3.63, 3.8) is 0 Å². The van der Waals surface area contributed by atoms with E-state index < -0.39 is 12.5 Å². The first kappa shape index (κ1) is 14.7. The lowest BCUT2D eigenvalue weighted by Crippen LogP contribution is -2.45. The zero-order valence-corrected chi connectivity index (χ0v) is 11.5. The molecule has 1 aromatic rings. The lowest BCUT2D eigenvalue weighted by Gasteiger charge is -2.16. The third-order valence-electron chi connectivity index (χ3n) is 2.31. The Labute approximate surface area is 122 Å². The van der Waals surface area contributed by atoms with Crippen LogP contribution in [-0.4, -0.2) is 33.5 Å². The molecule has 106 valence electrons. The minimum absolute atomic E-state index is 0.0557. The van der Waals surface area contributed by atoms with Crippen molar-refractivity contribution in [2.75, 3.05) is 5.75 Å². The average molecular weight is 318 g/mol. The van der Waals surface area contributed by atoms with Gasteiger partial charge in [0.1, 0.15) is 5.75 Å². The van der Waals surface area contributed by atoms with E-state index in [9.17, 15) is 18.4 Å². The number of thiocarbonyl (C=S) groups is 1. The number of ether oxygens (including phenoxy) is 1. The van der Waals surface area contributed by atoms with Gasteiger partial charge in [0.2, 0.25) is 0 Å². The topological polar surface area (TPSA) is 58.6 Å². The smallest absolute Gasteiger partial charge is 0.387 e. The fraction of sp³-hybridized carbons (Fsp3) is 0.182. The molecular formula is C11H8F2N2O3S2. The van der Waals surface area contributed by atoms with E-state index in [0.717, 1.165) is 16.8 Å². The van der Waals surface area contributed by atoms with Gasteiger partial charge in [-0.25, -0.2) is 5.01 Å². The van der Waals surface area contributed by atoms with Crippen molar-refractivity contribution >= 4 is 40.1 Å². The molecule has 0 bridgehead atoms. The summed E-state index contributed by atoms with van der Waals surface area (Å²) in [5.41, 5.74) is 2.54. The summed E-state index contributed by atoms with van der Waals surface area (Å²) in [7, 11) is 0. The monoisotopic (exact) mass is 318 g/mol. The van der Waals surface area contributed by atoms with Crippen LogP contribution in [0, 0.1) is 0 Å². The molecule has 0 atom stereocenters. The second-order valence-corrected chi connectivity index (χ2v) is 5.24. The third kappa shape index (κ3) is 3.42. The molecule has 0 unspecified atom stereocenters. The maximum Gasteiger partial charge on any atom is 0.387 e. The lowest BCUT2D eigenvalue weighted by molar-refractivity contribution is -0.125. The van der Waals surface area contributed by atoms with E-state index in [1.165, 1.54) is 24.3 Å². The van der Waals surface area contributed by atoms with Crippen LogP contribution < -0.4 is 10.2 Å². The molecule has 2 rings (SSSR count). The van der Waals surface area contributed by atoms with Gasteiger partial charge in [0.25, 0.3) is 11.8 Å². The van der Waals surface area contributed by atoms with Crippen LogP contribution in [0.1, 0.15) is 10.4 Å². The molecule has 1 N–H and O–H groups in total. The summed E-state index contributed by atoms with van der Waals surface area (Å²) < 4.78 is 28.4. The van der Waals surface area contributed by atoms with Crippen molar-refractivity contribution < 1.29 is 23.1 Å². The quantitative estimate of drug-likeness (QED) is 0.858. The molecule has 0 spiro atoms. The van der Waals surface area contributed by atoms with Crippen molar-refractivity contribution in [2.24, 2.45) is 0 Å². The van der Waals surface area contributed by atoms with E-state index in [2.05, 4.69) is 10.2 Å². The van der Waals surface area contributed by atoms with E-state index in [1.807, 2.05) is 0 Å². The van der Waals surface area contributed by atoms with Crippen molar-refractivity contribution in [3.05, 3.63) is 29.8 Å². The summed E-state index contributed by atoms with van der Waals surface area (Å²) in [6.07, 6.45) is 0. The van der Waals surface area contributed by atoms with Crippen molar-refractivity contribution in [2.45, 2.75) is 6.61 Å². The minimum atomic E-state index is -2.92. The Kier molecular flexibility index (Phi) is 4.50. The minimum Gasteiger partial charge on any atom is -0.435 e. The number of nitrogens with zero attached hydrogens (tertiary/aromatic N) is 1. The number of thioether (sulfide) groups is 1. The number of rotatable bonds is 4. The van der Waals surface area contributed by atoms with Crippen molar-refractivity contribution in [1.29, 1.82) is 0 Å². The predicted molar refractivity (Wildman–Crippen MR) is 72.4 cm³/mol. The largest absolute Gasteiger partial charge is 0.435 e. The summed E-state index contributed by atoms with van der Waals surface area (Å²) in [5.74, 6) is -0.752. The average Bonchev–Trinajstić information content (AvgIpc) is 2.70. The molecule has 1 aromatic carbocycles. The van der Waals surface area contributed by atoms with Gasteiger partial charge in [-0.3, -0.25) is 15.0 Å². The maximum absolute atomic E-state index is 12.0. The second-order valence-electron chi connectivity index (χ2n) is 3.63. The fourth-order valence-electron chi connectivity index (χ4n) is 1.42. The molecule has 0 aliphatic carbocycles. The Hall–Kier alpha value is -1.74. The van der Waals surface area contributed by atoms with Crippen LogP contribution in [0.2, 0.25) is 0 Å². The molecule has 1 fully saturated rings. The standard InChI is InChI=1S/C11H8F2N2O3S2/c12-10(13)18-7-3-1-6(2-4-7)9(17)14-15-8(16)5-20-11(15)19/h1-4,10H,5H2,(H,14,17). The number of alkyl halides is 2. The van der Waals surface area contributed by atoms with Gasteiger partial charge in [-0.05, 0) is 24.3 Å². The Morgan fingerprint density at radius 1 is 1.40 bits per heavy atom. The van der Waals surface area contributed by atoms with Gasteiger partial charge in [-0.15, -0.1) is 0 Å². The van der Waals surface area contributed by atoms with Crippen LogP contribution in [0.3, 0.4) is 0 Å². The van der Waals surface area contributed by atoms with Crippen molar-refractivity contribution in [1.82, 2.24) is 10.4 Å². The molecule has 2 amide bonds. The Morgan fingerprint density at radius 3 is 2.55 bits per heavy atom. The highest BCUT2D eigenvalue weighted by Gasteiger charge is 2.28. The molecule has 20 heavy (non-hydrogen) atoms. The highest BCUT2D eigenvalue weighted by Crippen LogP contribution is 2.18. The number of nitrogens with one attached hydrogen (secondary N) is 1. The molecule has 0 radical (unpaired) electrons. The molecule has 5 nitrogen and oxygen atoms in total. The Bertz CT molecular complexity index is 535. The number of carbonyl (C=O) groups excluding carboxylic acids is 2. The van der Waals surface area contributed by atoms with Gasteiger partial charge < -0.3 is 4.74 Å².